The average Bonchev–Trinajstić information content (AvgIpc) is 3.34. The Balaban J connectivity index is 1.64. The number of aromatic amines is 1. The van der Waals surface area contributed by atoms with Gasteiger partial charge in [0.05, 0.1) is 0 Å². The molecule has 0 saturated carbocycles. The largest absolute Gasteiger partial charge is 0.457 e. The summed E-state index contributed by atoms with van der Waals surface area (Å²) in [6.07, 6.45) is 4.19. The van der Waals surface area contributed by atoms with Crippen LogP contribution >= 0.6 is 0 Å². The minimum absolute atomic E-state index is 0.0186. The molecule has 0 aliphatic carbocycles. The molecule has 0 aliphatic heterocycles. The van der Waals surface area contributed by atoms with Gasteiger partial charge in [-0.2, -0.15) is 0 Å². The van der Waals surface area contributed by atoms with Gasteiger partial charge < -0.3 is 24.9 Å². The monoisotopic (exact) mass is 556 g/mol. The number of rotatable bonds is 10. The van der Waals surface area contributed by atoms with Crippen molar-refractivity contribution < 1.29 is 14.3 Å². The lowest BCUT2D eigenvalue weighted by Crippen LogP contribution is -2.23. The van der Waals surface area contributed by atoms with Crippen LogP contribution < -0.4 is 20.9 Å². The molecule has 2 heterocycles. The molecule has 0 unspecified atom stereocenters. The number of aryl methyl sites for hydroxylation is 4. The first-order valence-corrected chi connectivity index (χ1v) is 14.2. The van der Waals surface area contributed by atoms with Crippen molar-refractivity contribution in [1.29, 1.82) is 0 Å². The zero-order valence-electron chi connectivity index (χ0n) is 25.0. The molecule has 0 radical (unpaired) electrons. The first-order chi connectivity index (χ1) is 19.5. The van der Waals surface area contributed by atoms with E-state index >= 15 is 0 Å². The van der Waals surface area contributed by atoms with Gasteiger partial charge in [0.15, 0.2) is 0 Å². The van der Waals surface area contributed by atoms with Crippen LogP contribution in [-0.4, -0.2) is 27.9 Å². The second kappa shape index (κ2) is 12.5. The van der Waals surface area contributed by atoms with Crippen LogP contribution in [0.4, 0.5) is 5.69 Å². The van der Waals surface area contributed by atoms with Crippen LogP contribution in [0.25, 0.3) is 22.0 Å². The maximum Gasteiger partial charge on any atom is 0.274 e. The lowest BCUT2D eigenvalue weighted by molar-refractivity contribution is -0.116. The molecule has 216 valence electrons. The lowest BCUT2D eigenvalue weighted by atomic mass is 10.0. The summed E-state index contributed by atoms with van der Waals surface area (Å²) in [5, 5.41) is 6.47. The highest BCUT2D eigenvalue weighted by molar-refractivity contribution is 6.02. The zero-order valence-corrected chi connectivity index (χ0v) is 25.0. The normalized spacial score (nSPS) is 11.2. The molecule has 2 aromatic heterocycles. The topological polar surface area (TPSA) is 105 Å². The number of benzene rings is 2. The van der Waals surface area contributed by atoms with E-state index in [1.807, 2.05) is 58.0 Å². The Morgan fingerprint density at radius 2 is 1.73 bits per heavy atom. The second-order valence-corrected chi connectivity index (χ2v) is 11.2. The van der Waals surface area contributed by atoms with Crippen molar-refractivity contribution in [1.82, 2.24) is 14.9 Å². The Bertz CT molecular complexity index is 1640. The Labute approximate surface area is 241 Å². The number of nitrogens with one attached hydrogen (secondary N) is 3. The van der Waals surface area contributed by atoms with E-state index in [1.54, 1.807) is 19.3 Å². The van der Waals surface area contributed by atoms with E-state index in [4.69, 9.17) is 4.74 Å². The Morgan fingerprint density at radius 3 is 2.39 bits per heavy atom. The third-order valence-corrected chi connectivity index (χ3v) is 7.06. The Hall–Kier alpha value is -4.33. The van der Waals surface area contributed by atoms with Gasteiger partial charge >= 0.3 is 0 Å². The second-order valence-electron chi connectivity index (χ2n) is 11.2. The third kappa shape index (κ3) is 6.88. The Morgan fingerprint density at radius 1 is 1.02 bits per heavy atom. The molecule has 0 aliphatic rings. The van der Waals surface area contributed by atoms with E-state index in [0.717, 1.165) is 52.1 Å². The standard InChI is InChI=1S/C33H40N4O4/c1-8-34-32(39)28-17-26-27(18-37(7)33(40)30(26)36-28)23-12-20(4)13-25(16-23)41-31-21(5)14-24(15-22(31)6)35-29(38)11-9-10-19(2)3/h12-19,36H,8-11H2,1-7H3,(H,34,39)(H,35,38). The summed E-state index contributed by atoms with van der Waals surface area (Å²) in [5.74, 6) is 1.72. The number of ether oxygens (including phenoxy) is 1. The van der Waals surface area contributed by atoms with Gasteiger partial charge in [-0.15, -0.1) is 0 Å². The number of aromatic nitrogens is 2. The van der Waals surface area contributed by atoms with Crippen LogP contribution in [0.2, 0.25) is 0 Å². The number of nitrogens with zero attached hydrogens (tertiary/aromatic N) is 1. The first kappa shape index (κ1) is 29.6. The summed E-state index contributed by atoms with van der Waals surface area (Å²) in [6, 6.07) is 11.5. The minimum atomic E-state index is -0.258. The fourth-order valence-electron chi connectivity index (χ4n) is 5.10. The van der Waals surface area contributed by atoms with Gasteiger partial charge in [-0.25, -0.2) is 0 Å². The van der Waals surface area contributed by atoms with Crippen molar-refractivity contribution in [2.75, 3.05) is 11.9 Å². The average molecular weight is 557 g/mol. The van der Waals surface area contributed by atoms with Crippen molar-refractivity contribution in [3.05, 3.63) is 75.3 Å². The van der Waals surface area contributed by atoms with E-state index in [-0.39, 0.29) is 17.4 Å². The number of hydrogen-bond donors (Lipinski definition) is 3. The van der Waals surface area contributed by atoms with Crippen molar-refractivity contribution in [3.8, 4) is 22.6 Å². The smallest absolute Gasteiger partial charge is 0.274 e. The highest BCUT2D eigenvalue weighted by Crippen LogP contribution is 2.36. The van der Waals surface area contributed by atoms with E-state index in [1.165, 1.54) is 4.57 Å². The fraction of sp³-hybridized carbons (Fsp3) is 0.364. The van der Waals surface area contributed by atoms with Crippen LogP contribution in [0.3, 0.4) is 0 Å². The minimum Gasteiger partial charge on any atom is -0.457 e. The fourth-order valence-corrected chi connectivity index (χ4v) is 5.10. The summed E-state index contributed by atoms with van der Waals surface area (Å²) in [7, 11) is 1.70. The first-order valence-electron chi connectivity index (χ1n) is 14.2. The summed E-state index contributed by atoms with van der Waals surface area (Å²) >= 11 is 0. The number of amides is 2. The molecule has 0 atom stereocenters. The number of pyridine rings is 1. The molecular formula is C33H40N4O4. The number of carbonyl (C=O) groups is 2. The molecule has 4 aromatic rings. The van der Waals surface area contributed by atoms with Gasteiger partial charge in [-0.3, -0.25) is 14.4 Å². The molecule has 4 rings (SSSR count). The molecule has 8 heteroatoms. The maximum absolute atomic E-state index is 12.9. The van der Waals surface area contributed by atoms with Crippen LogP contribution in [-0.2, 0) is 11.8 Å². The molecule has 0 spiro atoms. The molecule has 0 bridgehead atoms. The lowest BCUT2D eigenvalue weighted by Gasteiger charge is -2.16. The van der Waals surface area contributed by atoms with E-state index in [9.17, 15) is 14.4 Å². The number of hydrogen-bond acceptors (Lipinski definition) is 4. The predicted molar refractivity (Wildman–Crippen MR) is 165 cm³/mol. The highest BCUT2D eigenvalue weighted by atomic mass is 16.5. The Kier molecular flexibility index (Phi) is 9.01. The molecule has 2 aromatic carbocycles. The van der Waals surface area contributed by atoms with Crippen LogP contribution in [0.1, 0.15) is 67.2 Å². The maximum atomic E-state index is 12.9. The van der Waals surface area contributed by atoms with E-state index in [2.05, 4.69) is 29.5 Å². The van der Waals surface area contributed by atoms with Crippen LogP contribution in [0.15, 0.2) is 47.4 Å². The third-order valence-electron chi connectivity index (χ3n) is 7.06. The van der Waals surface area contributed by atoms with Crippen molar-refractivity contribution in [2.45, 2.75) is 60.8 Å². The molecule has 2 amide bonds. The number of anilines is 1. The van der Waals surface area contributed by atoms with Gasteiger partial charge in [-0.1, -0.05) is 26.3 Å². The van der Waals surface area contributed by atoms with Crippen molar-refractivity contribution in [2.24, 2.45) is 13.0 Å². The van der Waals surface area contributed by atoms with Gasteiger partial charge in [0.1, 0.15) is 22.7 Å². The summed E-state index contributed by atoms with van der Waals surface area (Å²) in [6.45, 7) is 12.6. The van der Waals surface area contributed by atoms with Gasteiger partial charge in [0.25, 0.3) is 11.5 Å². The van der Waals surface area contributed by atoms with Crippen molar-refractivity contribution in [3.63, 3.8) is 0 Å². The SMILES string of the molecule is CCNC(=O)c1cc2c(-c3cc(C)cc(Oc4c(C)cc(NC(=O)CCCC(C)C)cc4C)c3)cn(C)c(=O)c2[nH]1. The summed E-state index contributed by atoms with van der Waals surface area (Å²) < 4.78 is 7.94. The molecule has 0 fully saturated rings. The van der Waals surface area contributed by atoms with Crippen molar-refractivity contribution >= 4 is 28.4 Å². The van der Waals surface area contributed by atoms with E-state index < -0.39 is 0 Å². The quantitative estimate of drug-likeness (QED) is 0.201. The van der Waals surface area contributed by atoms with Gasteiger partial charge in [-0.05, 0) is 92.6 Å². The molecule has 3 N–H and O–H groups in total. The zero-order chi connectivity index (χ0) is 29.8. The van der Waals surface area contributed by atoms with Gasteiger partial charge in [0.2, 0.25) is 5.91 Å². The number of carbonyl (C=O) groups excluding carboxylic acids is 2. The summed E-state index contributed by atoms with van der Waals surface area (Å²) in [4.78, 5) is 40.8. The highest BCUT2D eigenvalue weighted by Gasteiger charge is 2.17. The molecule has 0 saturated heterocycles. The van der Waals surface area contributed by atoms with Crippen LogP contribution in [0, 0.1) is 26.7 Å². The van der Waals surface area contributed by atoms with Crippen LogP contribution in [0.5, 0.6) is 11.5 Å². The molecule has 41 heavy (non-hydrogen) atoms. The predicted octanol–water partition coefficient (Wildman–Crippen LogP) is 6.77. The molecular weight excluding hydrogens is 516 g/mol. The number of H-pyrrole nitrogens is 1. The van der Waals surface area contributed by atoms with E-state index in [0.29, 0.717) is 41.2 Å². The molecule has 8 nitrogen and oxygen atoms in total. The summed E-state index contributed by atoms with van der Waals surface area (Å²) in [5.41, 5.74) is 5.75. The van der Waals surface area contributed by atoms with Gasteiger partial charge in [0, 0.05) is 42.8 Å². The number of fused-ring (bicyclic) bond motifs is 1.